The molecule has 0 spiro atoms. The lowest BCUT2D eigenvalue weighted by atomic mass is 10.0. The van der Waals surface area contributed by atoms with Gasteiger partial charge in [0.05, 0.1) is 17.4 Å². The molecule has 108 valence electrons. The van der Waals surface area contributed by atoms with Crippen LogP contribution in [-0.2, 0) is 12.8 Å². The molecule has 1 aliphatic heterocycles. The van der Waals surface area contributed by atoms with Crippen LogP contribution in [0.3, 0.4) is 0 Å². The summed E-state index contributed by atoms with van der Waals surface area (Å²) in [5, 5.41) is 12.9. The zero-order valence-corrected chi connectivity index (χ0v) is 13.2. The first-order valence-corrected chi connectivity index (χ1v) is 8.63. The summed E-state index contributed by atoms with van der Waals surface area (Å²) in [6.07, 6.45) is 4.44. The Morgan fingerprint density at radius 2 is 2.10 bits per heavy atom. The molecule has 3 heterocycles. The van der Waals surface area contributed by atoms with Crippen molar-refractivity contribution in [2.75, 3.05) is 13.1 Å². The van der Waals surface area contributed by atoms with Crippen LogP contribution in [0.1, 0.15) is 44.0 Å². The number of thiophene rings is 1. The lowest BCUT2D eigenvalue weighted by Gasteiger charge is -2.17. The first-order valence-electron chi connectivity index (χ1n) is 7.68. The molecule has 0 fully saturated rings. The molecule has 0 saturated carbocycles. The summed E-state index contributed by atoms with van der Waals surface area (Å²) < 4.78 is 2.32. The van der Waals surface area contributed by atoms with Crippen molar-refractivity contribution in [3.8, 4) is 11.3 Å². The smallest absolute Gasteiger partial charge is 0.0729 e. The van der Waals surface area contributed by atoms with E-state index in [2.05, 4.69) is 40.7 Å². The quantitative estimate of drug-likeness (QED) is 0.931. The molecule has 2 aromatic heterocycles. The van der Waals surface area contributed by atoms with Gasteiger partial charge in [0.25, 0.3) is 0 Å². The van der Waals surface area contributed by atoms with Gasteiger partial charge in [0.2, 0.25) is 0 Å². The highest BCUT2D eigenvalue weighted by Crippen LogP contribution is 2.33. The number of rotatable bonds is 4. The third-order valence-electron chi connectivity index (χ3n) is 4.27. The van der Waals surface area contributed by atoms with E-state index >= 15 is 0 Å². The van der Waals surface area contributed by atoms with Gasteiger partial charge in [-0.25, -0.2) is 0 Å². The lowest BCUT2D eigenvalue weighted by molar-refractivity contribution is 0.429. The zero-order chi connectivity index (χ0) is 13.9. The summed E-state index contributed by atoms with van der Waals surface area (Å²) in [6, 6.07) is 2.75. The van der Waals surface area contributed by atoms with E-state index in [4.69, 9.17) is 5.10 Å². The Labute approximate surface area is 125 Å². The van der Waals surface area contributed by atoms with Gasteiger partial charge in [-0.2, -0.15) is 16.4 Å². The largest absolute Gasteiger partial charge is 0.316 e. The lowest BCUT2D eigenvalue weighted by Crippen LogP contribution is -2.18. The minimum Gasteiger partial charge on any atom is -0.316 e. The van der Waals surface area contributed by atoms with Crippen LogP contribution in [0.25, 0.3) is 11.3 Å². The SMILES string of the molecule is CCC(CC)n1nc2c(c1-c1ccsc1)CCNCC2. The second-order valence-corrected chi connectivity index (χ2v) is 6.23. The fraction of sp³-hybridized carbons (Fsp3) is 0.562. The topological polar surface area (TPSA) is 29.9 Å². The Morgan fingerprint density at radius 3 is 2.80 bits per heavy atom. The molecule has 0 unspecified atom stereocenters. The van der Waals surface area contributed by atoms with Crippen molar-refractivity contribution in [2.45, 2.75) is 45.6 Å². The molecule has 0 aromatic carbocycles. The predicted molar refractivity (Wildman–Crippen MR) is 85.4 cm³/mol. The highest BCUT2D eigenvalue weighted by atomic mass is 32.1. The van der Waals surface area contributed by atoms with Crippen LogP contribution in [0.4, 0.5) is 0 Å². The van der Waals surface area contributed by atoms with Crippen molar-refractivity contribution >= 4 is 11.3 Å². The molecule has 0 radical (unpaired) electrons. The maximum atomic E-state index is 4.99. The Balaban J connectivity index is 2.14. The van der Waals surface area contributed by atoms with Gasteiger partial charge in [-0.05, 0) is 37.3 Å². The first kappa shape index (κ1) is 13.8. The van der Waals surface area contributed by atoms with Gasteiger partial charge in [0.1, 0.15) is 0 Å². The Kier molecular flexibility index (Phi) is 4.22. The Bertz CT molecular complexity index is 553. The number of aromatic nitrogens is 2. The molecule has 0 atom stereocenters. The van der Waals surface area contributed by atoms with Gasteiger partial charge in [-0.15, -0.1) is 0 Å². The van der Waals surface area contributed by atoms with Crippen LogP contribution in [0, 0.1) is 0 Å². The number of hydrogen-bond acceptors (Lipinski definition) is 3. The van der Waals surface area contributed by atoms with Crippen LogP contribution in [0.15, 0.2) is 16.8 Å². The van der Waals surface area contributed by atoms with E-state index in [0.717, 1.165) is 38.8 Å². The maximum absolute atomic E-state index is 4.99. The van der Waals surface area contributed by atoms with Crippen molar-refractivity contribution in [1.29, 1.82) is 0 Å². The summed E-state index contributed by atoms with van der Waals surface area (Å²) in [6.45, 7) is 6.65. The normalized spacial score (nSPS) is 15.3. The Morgan fingerprint density at radius 1 is 1.30 bits per heavy atom. The molecule has 1 N–H and O–H groups in total. The highest BCUT2D eigenvalue weighted by molar-refractivity contribution is 7.08. The number of nitrogens with zero attached hydrogens (tertiary/aromatic N) is 2. The van der Waals surface area contributed by atoms with Gasteiger partial charge in [-0.3, -0.25) is 4.68 Å². The van der Waals surface area contributed by atoms with E-state index in [1.807, 2.05) is 0 Å². The van der Waals surface area contributed by atoms with Crippen LogP contribution in [0.2, 0.25) is 0 Å². The van der Waals surface area contributed by atoms with Crippen LogP contribution in [-0.4, -0.2) is 22.9 Å². The van der Waals surface area contributed by atoms with Gasteiger partial charge < -0.3 is 5.32 Å². The van der Waals surface area contributed by atoms with Gasteiger partial charge in [0, 0.05) is 29.5 Å². The average molecular weight is 289 g/mol. The van der Waals surface area contributed by atoms with Crippen molar-refractivity contribution in [2.24, 2.45) is 0 Å². The van der Waals surface area contributed by atoms with E-state index in [1.165, 1.54) is 22.5 Å². The fourth-order valence-corrected chi connectivity index (χ4v) is 3.77. The van der Waals surface area contributed by atoms with Crippen LogP contribution in [0.5, 0.6) is 0 Å². The van der Waals surface area contributed by atoms with E-state index < -0.39 is 0 Å². The van der Waals surface area contributed by atoms with Crippen molar-refractivity contribution in [3.05, 3.63) is 28.1 Å². The summed E-state index contributed by atoms with van der Waals surface area (Å²) in [4.78, 5) is 0. The van der Waals surface area contributed by atoms with Gasteiger partial charge in [-0.1, -0.05) is 13.8 Å². The number of fused-ring (bicyclic) bond motifs is 1. The van der Waals surface area contributed by atoms with Crippen LogP contribution >= 0.6 is 11.3 Å². The fourth-order valence-electron chi connectivity index (χ4n) is 3.13. The van der Waals surface area contributed by atoms with Crippen molar-refractivity contribution < 1.29 is 0 Å². The average Bonchev–Trinajstić information content (AvgIpc) is 3.03. The molecule has 2 aromatic rings. The Hall–Kier alpha value is -1.13. The standard InChI is InChI=1S/C16H23N3S/c1-3-13(4-2)19-16(12-7-10-20-11-12)14-5-8-17-9-6-15(14)18-19/h7,10-11,13,17H,3-6,8-9H2,1-2H3. The summed E-state index contributed by atoms with van der Waals surface area (Å²) in [5.41, 5.74) is 5.50. The molecule has 0 bridgehead atoms. The second-order valence-electron chi connectivity index (χ2n) is 5.45. The first-order chi connectivity index (χ1) is 9.85. The molecule has 3 rings (SSSR count). The molecule has 0 amide bonds. The van der Waals surface area contributed by atoms with Gasteiger partial charge >= 0.3 is 0 Å². The minimum atomic E-state index is 0.518. The minimum absolute atomic E-state index is 0.518. The second kappa shape index (κ2) is 6.10. The van der Waals surface area contributed by atoms with E-state index in [0.29, 0.717) is 6.04 Å². The molecular weight excluding hydrogens is 266 g/mol. The molecule has 0 saturated heterocycles. The van der Waals surface area contributed by atoms with E-state index in [1.54, 1.807) is 11.3 Å². The molecule has 4 heteroatoms. The number of hydrogen-bond donors (Lipinski definition) is 1. The zero-order valence-electron chi connectivity index (χ0n) is 12.4. The third kappa shape index (κ3) is 2.42. The van der Waals surface area contributed by atoms with Crippen LogP contribution < -0.4 is 5.32 Å². The third-order valence-corrected chi connectivity index (χ3v) is 4.95. The molecule has 3 nitrogen and oxygen atoms in total. The predicted octanol–water partition coefficient (Wildman–Crippen LogP) is 3.66. The molecule has 1 aliphatic rings. The molecule has 0 aliphatic carbocycles. The maximum Gasteiger partial charge on any atom is 0.0729 e. The monoisotopic (exact) mass is 289 g/mol. The summed E-state index contributed by atoms with van der Waals surface area (Å²) in [7, 11) is 0. The number of nitrogens with one attached hydrogen (secondary N) is 1. The van der Waals surface area contributed by atoms with Crippen molar-refractivity contribution in [3.63, 3.8) is 0 Å². The highest BCUT2D eigenvalue weighted by Gasteiger charge is 2.23. The van der Waals surface area contributed by atoms with Gasteiger partial charge in [0.15, 0.2) is 0 Å². The van der Waals surface area contributed by atoms with Crippen molar-refractivity contribution in [1.82, 2.24) is 15.1 Å². The van der Waals surface area contributed by atoms with E-state index in [-0.39, 0.29) is 0 Å². The summed E-state index contributed by atoms with van der Waals surface area (Å²) >= 11 is 1.77. The summed E-state index contributed by atoms with van der Waals surface area (Å²) in [5.74, 6) is 0. The molecular formula is C16H23N3S. The van der Waals surface area contributed by atoms with E-state index in [9.17, 15) is 0 Å². The molecule has 20 heavy (non-hydrogen) atoms.